The summed E-state index contributed by atoms with van der Waals surface area (Å²) in [7, 11) is 0. The molecule has 0 amide bonds. The van der Waals surface area contributed by atoms with Gasteiger partial charge in [0.25, 0.3) is 0 Å². The van der Waals surface area contributed by atoms with Gasteiger partial charge in [0.05, 0.1) is 0 Å². The van der Waals surface area contributed by atoms with E-state index in [0.29, 0.717) is 11.9 Å². The molecule has 4 N–H and O–H groups in total. The Hall–Kier alpha value is -1.36. The maximum atomic E-state index is 5.44. The van der Waals surface area contributed by atoms with Crippen molar-refractivity contribution in [2.45, 2.75) is 52.0 Å². The van der Waals surface area contributed by atoms with Gasteiger partial charge in [-0.2, -0.15) is 0 Å². The maximum absolute atomic E-state index is 5.44. The molecule has 1 saturated carbocycles. The highest BCUT2D eigenvalue weighted by Gasteiger charge is 2.24. The molecule has 1 atom stereocenters. The van der Waals surface area contributed by atoms with Crippen molar-refractivity contribution in [3.63, 3.8) is 0 Å². The van der Waals surface area contributed by atoms with Gasteiger partial charge in [0, 0.05) is 18.5 Å². The zero-order chi connectivity index (χ0) is 13.0. The Morgan fingerprint density at radius 1 is 1.39 bits per heavy atom. The molecular weight excluding hydrogens is 226 g/mol. The van der Waals surface area contributed by atoms with Crippen molar-refractivity contribution < 1.29 is 0 Å². The zero-order valence-electron chi connectivity index (χ0n) is 11.2. The van der Waals surface area contributed by atoms with Gasteiger partial charge in [0.15, 0.2) is 0 Å². The lowest BCUT2D eigenvalue weighted by molar-refractivity contribution is 0.285. The number of hydrazine groups is 1. The van der Waals surface area contributed by atoms with Gasteiger partial charge in [-0.25, -0.2) is 15.8 Å². The summed E-state index contributed by atoms with van der Waals surface area (Å²) < 4.78 is 0. The second-order valence-corrected chi connectivity index (χ2v) is 5.07. The normalized spacial score (nSPS) is 17.1. The van der Waals surface area contributed by atoms with Crippen molar-refractivity contribution in [3.05, 3.63) is 11.9 Å². The second-order valence-electron chi connectivity index (χ2n) is 5.07. The molecule has 18 heavy (non-hydrogen) atoms. The van der Waals surface area contributed by atoms with Crippen LogP contribution in [0.25, 0.3) is 0 Å². The fourth-order valence-electron chi connectivity index (χ4n) is 2.27. The maximum Gasteiger partial charge on any atom is 0.145 e. The van der Waals surface area contributed by atoms with Gasteiger partial charge in [-0.05, 0) is 32.1 Å². The second kappa shape index (κ2) is 6.00. The Morgan fingerprint density at radius 3 is 2.67 bits per heavy atom. The van der Waals surface area contributed by atoms with Crippen molar-refractivity contribution >= 4 is 11.6 Å². The van der Waals surface area contributed by atoms with E-state index in [1.54, 1.807) is 0 Å². The average Bonchev–Trinajstić information content (AvgIpc) is 2.26. The van der Waals surface area contributed by atoms with Crippen LogP contribution in [0.15, 0.2) is 6.07 Å². The highest BCUT2D eigenvalue weighted by molar-refractivity contribution is 5.47. The van der Waals surface area contributed by atoms with Crippen molar-refractivity contribution in [1.82, 2.24) is 9.97 Å². The third kappa shape index (κ3) is 3.10. The Kier molecular flexibility index (Phi) is 4.36. The molecule has 1 aliphatic carbocycles. The first kappa shape index (κ1) is 13.1. The lowest BCUT2D eigenvalue weighted by Crippen LogP contribution is -2.31. The van der Waals surface area contributed by atoms with Crippen LogP contribution >= 0.6 is 0 Å². The predicted octanol–water partition coefficient (Wildman–Crippen LogP) is 2.32. The number of anilines is 2. The molecule has 1 heterocycles. The summed E-state index contributed by atoms with van der Waals surface area (Å²) in [5.41, 5.74) is 2.61. The van der Waals surface area contributed by atoms with Gasteiger partial charge in [0.2, 0.25) is 0 Å². The molecule has 0 saturated heterocycles. The molecule has 0 radical (unpaired) electrons. The third-order valence-electron chi connectivity index (χ3n) is 3.63. The van der Waals surface area contributed by atoms with E-state index in [2.05, 4.69) is 34.6 Å². The molecule has 1 aromatic heterocycles. The highest BCUT2D eigenvalue weighted by Crippen LogP contribution is 2.30. The van der Waals surface area contributed by atoms with Crippen LogP contribution in [0.5, 0.6) is 0 Å². The summed E-state index contributed by atoms with van der Waals surface area (Å²) in [4.78, 5) is 8.87. The molecule has 0 aromatic carbocycles. The van der Waals surface area contributed by atoms with Gasteiger partial charge in [-0.15, -0.1) is 0 Å². The number of aryl methyl sites for hydroxylation is 1. The van der Waals surface area contributed by atoms with Crippen LogP contribution in [0.1, 0.15) is 45.4 Å². The van der Waals surface area contributed by atoms with Gasteiger partial charge in [0.1, 0.15) is 17.5 Å². The average molecular weight is 249 g/mol. The summed E-state index contributed by atoms with van der Waals surface area (Å²) >= 11 is 0. The minimum atomic E-state index is 0.466. The van der Waals surface area contributed by atoms with E-state index in [0.717, 1.165) is 30.4 Å². The molecule has 5 heteroatoms. The highest BCUT2D eigenvalue weighted by atomic mass is 15.3. The molecule has 0 aliphatic heterocycles. The first-order chi connectivity index (χ1) is 8.72. The molecule has 5 nitrogen and oxygen atoms in total. The smallest absolute Gasteiger partial charge is 0.145 e. The Bertz CT molecular complexity index is 389. The van der Waals surface area contributed by atoms with E-state index in [-0.39, 0.29) is 0 Å². The fourth-order valence-corrected chi connectivity index (χ4v) is 2.27. The van der Waals surface area contributed by atoms with Crippen LogP contribution in [0.3, 0.4) is 0 Å². The summed E-state index contributed by atoms with van der Waals surface area (Å²) in [6.45, 7) is 4.34. The van der Waals surface area contributed by atoms with Crippen molar-refractivity contribution in [1.29, 1.82) is 0 Å². The number of nitrogens with zero attached hydrogens (tertiary/aromatic N) is 2. The molecule has 1 unspecified atom stereocenters. The number of hydrogen-bond acceptors (Lipinski definition) is 5. The Morgan fingerprint density at radius 2 is 2.11 bits per heavy atom. The van der Waals surface area contributed by atoms with Crippen molar-refractivity contribution in [3.8, 4) is 0 Å². The van der Waals surface area contributed by atoms with E-state index in [9.17, 15) is 0 Å². The lowest BCUT2D eigenvalue weighted by atomic mass is 9.80. The van der Waals surface area contributed by atoms with Gasteiger partial charge < -0.3 is 10.7 Å². The molecule has 2 rings (SSSR count). The summed E-state index contributed by atoms with van der Waals surface area (Å²) in [6, 6.07) is 2.34. The molecular formula is C13H23N5. The van der Waals surface area contributed by atoms with Crippen molar-refractivity contribution in [2.75, 3.05) is 10.7 Å². The predicted molar refractivity (Wildman–Crippen MR) is 74.3 cm³/mol. The van der Waals surface area contributed by atoms with Gasteiger partial charge in [-0.3, -0.25) is 0 Å². The number of hydrogen-bond donors (Lipinski definition) is 3. The quantitative estimate of drug-likeness (QED) is 0.533. The molecule has 0 spiro atoms. The Balaban J connectivity index is 2.07. The molecule has 1 aliphatic rings. The number of aromatic nitrogens is 2. The minimum absolute atomic E-state index is 0.466. The van der Waals surface area contributed by atoms with Gasteiger partial charge >= 0.3 is 0 Å². The van der Waals surface area contributed by atoms with E-state index in [1.165, 1.54) is 19.3 Å². The largest absolute Gasteiger partial charge is 0.367 e. The van der Waals surface area contributed by atoms with E-state index < -0.39 is 0 Å². The first-order valence-corrected chi connectivity index (χ1v) is 6.84. The Labute approximate surface area is 109 Å². The van der Waals surface area contributed by atoms with Crippen LogP contribution in [0.4, 0.5) is 11.6 Å². The van der Waals surface area contributed by atoms with E-state index >= 15 is 0 Å². The number of nitrogen functional groups attached to an aromatic ring is 1. The summed E-state index contributed by atoms with van der Waals surface area (Å²) in [5, 5.41) is 3.47. The van der Waals surface area contributed by atoms with Crippen LogP contribution in [0, 0.1) is 5.92 Å². The zero-order valence-corrected chi connectivity index (χ0v) is 11.2. The van der Waals surface area contributed by atoms with E-state index in [4.69, 9.17) is 5.84 Å². The molecule has 1 fully saturated rings. The molecule has 100 valence electrons. The fraction of sp³-hybridized carbons (Fsp3) is 0.692. The minimum Gasteiger partial charge on any atom is -0.367 e. The third-order valence-corrected chi connectivity index (χ3v) is 3.63. The van der Waals surface area contributed by atoms with Crippen LogP contribution in [0.2, 0.25) is 0 Å². The summed E-state index contributed by atoms with van der Waals surface area (Å²) in [6.07, 6.45) is 5.91. The number of nitrogens with two attached hydrogens (primary N) is 1. The van der Waals surface area contributed by atoms with Crippen LogP contribution in [-0.2, 0) is 6.42 Å². The monoisotopic (exact) mass is 249 g/mol. The van der Waals surface area contributed by atoms with Crippen LogP contribution in [-0.4, -0.2) is 16.0 Å². The van der Waals surface area contributed by atoms with E-state index in [1.807, 2.05) is 6.07 Å². The first-order valence-electron chi connectivity index (χ1n) is 6.84. The SMILES string of the molecule is CCCc1nc(NN)cc(NC(C)C2CCC2)n1. The summed E-state index contributed by atoms with van der Waals surface area (Å²) in [5.74, 6) is 8.62. The van der Waals surface area contributed by atoms with Crippen molar-refractivity contribution in [2.24, 2.45) is 11.8 Å². The van der Waals surface area contributed by atoms with Gasteiger partial charge in [-0.1, -0.05) is 13.3 Å². The topological polar surface area (TPSA) is 75.9 Å². The van der Waals surface area contributed by atoms with Crippen LogP contribution < -0.4 is 16.6 Å². The molecule has 0 bridgehead atoms. The standard InChI is InChI=1S/C13H23N5/c1-3-5-11-16-12(8-13(17-11)18-14)15-9(2)10-6-4-7-10/h8-10H,3-7,14H2,1-2H3,(H2,15,16,17,18). The number of rotatable bonds is 6. The molecule has 1 aromatic rings. The lowest BCUT2D eigenvalue weighted by Gasteiger charge is -2.32. The number of nitrogens with one attached hydrogen (secondary N) is 2.